The Morgan fingerprint density at radius 1 is 1.29 bits per heavy atom. The summed E-state index contributed by atoms with van der Waals surface area (Å²) in [5.41, 5.74) is 0. The maximum absolute atomic E-state index is 12.0. The number of hydrogen-bond acceptors (Lipinski definition) is 5. The number of ether oxygens (including phenoxy) is 1. The molecule has 128 valence electrons. The summed E-state index contributed by atoms with van der Waals surface area (Å²) >= 11 is 13.2. The van der Waals surface area contributed by atoms with Crippen LogP contribution in [0.4, 0.5) is 5.13 Å². The average molecular weight is 386 g/mol. The minimum atomic E-state index is -0.301. The smallest absolute Gasteiger partial charge is 0.264 e. The molecule has 24 heavy (non-hydrogen) atoms. The minimum absolute atomic E-state index is 0.154. The van der Waals surface area contributed by atoms with Crippen LogP contribution in [0.25, 0.3) is 0 Å². The third-order valence-electron chi connectivity index (χ3n) is 3.90. The van der Waals surface area contributed by atoms with Crippen molar-refractivity contribution in [2.45, 2.75) is 32.1 Å². The number of nitrogens with zero attached hydrogens (tertiary/aromatic N) is 2. The molecular weight excluding hydrogens is 369 g/mol. The second-order valence-corrected chi connectivity index (χ2v) is 7.67. The van der Waals surface area contributed by atoms with Gasteiger partial charge in [0.25, 0.3) is 5.91 Å². The molecule has 1 amide bonds. The number of rotatable bonds is 6. The largest absolute Gasteiger partial charge is 0.482 e. The highest BCUT2D eigenvalue weighted by Gasteiger charge is 2.18. The number of aromatic nitrogens is 2. The summed E-state index contributed by atoms with van der Waals surface area (Å²) in [4.78, 5) is 12.0. The fourth-order valence-corrected chi connectivity index (χ4v) is 4.07. The highest BCUT2D eigenvalue weighted by atomic mass is 35.5. The Labute approximate surface area is 154 Å². The van der Waals surface area contributed by atoms with E-state index in [4.69, 9.17) is 27.9 Å². The van der Waals surface area contributed by atoms with Crippen molar-refractivity contribution in [2.24, 2.45) is 5.92 Å². The van der Waals surface area contributed by atoms with Gasteiger partial charge in [0.15, 0.2) is 6.61 Å². The quantitative estimate of drug-likeness (QED) is 0.789. The number of carbonyl (C=O) groups excluding carboxylic acids is 1. The maximum Gasteiger partial charge on any atom is 0.264 e. The molecule has 0 radical (unpaired) electrons. The van der Waals surface area contributed by atoms with Crippen molar-refractivity contribution in [1.82, 2.24) is 10.2 Å². The van der Waals surface area contributed by atoms with Crippen LogP contribution < -0.4 is 10.1 Å². The lowest BCUT2D eigenvalue weighted by molar-refractivity contribution is -0.118. The molecule has 2 aromatic rings. The van der Waals surface area contributed by atoms with Crippen LogP contribution >= 0.6 is 34.5 Å². The maximum atomic E-state index is 12.0. The topological polar surface area (TPSA) is 64.1 Å². The fraction of sp³-hybridized carbons (Fsp3) is 0.438. The minimum Gasteiger partial charge on any atom is -0.482 e. The Bertz CT molecular complexity index is 717. The zero-order valence-electron chi connectivity index (χ0n) is 12.9. The van der Waals surface area contributed by atoms with Crippen LogP contribution in [0.2, 0.25) is 10.0 Å². The van der Waals surface area contributed by atoms with Gasteiger partial charge in [0.05, 0.1) is 5.02 Å². The molecule has 0 bridgehead atoms. The third-order valence-corrected chi connectivity index (χ3v) is 5.30. The first-order valence-electron chi connectivity index (χ1n) is 7.80. The van der Waals surface area contributed by atoms with Gasteiger partial charge in [-0.2, -0.15) is 0 Å². The number of carbonyl (C=O) groups is 1. The van der Waals surface area contributed by atoms with Crippen LogP contribution in [0, 0.1) is 5.92 Å². The average Bonchev–Trinajstić information content (AvgIpc) is 3.19. The molecular formula is C16H17Cl2N3O2S. The van der Waals surface area contributed by atoms with Crippen molar-refractivity contribution in [3.63, 3.8) is 0 Å². The molecule has 3 rings (SSSR count). The number of nitrogens with one attached hydrogen (secondary N) is 1. The van der Waals surface area contributed by atoms with Gasteiger partial charge in [-0.25, -0.2) is 0 Å². The Kier molecular flexibility index (Phi) is 5.92. The molecule has 1 fully saturated rings. The summed E-state index contributed by atoms with van der Waals surface area (Å²) < 4.78 is 5.39. The SMILES string of the molecule is O=C(COc1ccc(Cl)cc1Cl)Nc1nnc(CC2CCCC2)s1. The summed E-state index contributed by atoms with van der Waals surface area (Å²) in [5, 5.41) is 13.2. The Morgan fingerprint density at radius 2 is 2.08 bits per heavy atom. The van der Waals surface area contributed by atoms with Crippen molar-refractivity contribution >= 4 is 45.6 Å². The fourth-order valence-electron chi connectivity index (χ4n) is 2.74. The Balaban J connectivity index is 1.48. The van der Waals surface area contributed by atoms with Crippen LogP contribution in [-0.4, -0.2) is 22.7 Å². The molecule has 0 spiro atoms. The van der Waals surface area contributed by atoms with E-state index in [1.807, 2.05) is 0 Å². The van der Waals surface area contributed by atoms with Gasteiger partial charge in [0, 0.05) is 11.4 Å². The first-order valence-corrected chi connectivity index (χ1v) is 9.37. The van der Waals surface area contributed by atoms with Gasteiger partial charge in [-0.1, -0.05) is 60.2 Å². The van der Waals surface area contributed by atoms with E-state index >= 15 is 0 Å². The molecule has 1 heterocycles. The van der Waals surface area contributed by atoms with Gasteiger partial charge >= 0.3 is 0 Å². The molecule has 1 aromatic heterocycles. The monoisotopic (exact) mass is 385 g/mol. The van der Waals surface area contributed by atoms with Crippen LogP contribution in [0.15, 0.2) is 18.2 Å². The summed E-state index contributed by atoms with van der Waals surface area (Å²) in [6.45, 7) is -0.154. The normalized spacial score (nSPS) is 14.8. The number of benzene rings is 1. The van der Waals surface area contributed by atoms with Crippen molar-refractivity contribution < 1.29 is 9.53 Å². The molecule has 8 heteroatoms. The predicted octanol–water partition coefficient (Wildman–Crippen LogP) is 4.60. The zero-order chi connectivity index (χ0) is 16.9. The third kappa shape index (κ3) is 4.82. The van der Waals surface area contributed by atoms with E-state index in [1.54, 1.807) is 18.2 Å². The second-order valence-electron chi connectivity index (χ2n) is 5.77. The van der Waals surface area contributed by atoms with Crippen molar-refractivity contribution in [3.8, 4) is 5.75 Å². The number of halogens is 2. The van der Waals surface area contributed by atoms with Gasteiger partial charge in [0.2, 0.25) is 5.13 Å². The number of hydrogen-bond donors (Lipinski definition) is 1. The van der Waals surface area contributed by atoms with Crippen LogP contribution in [0.5, 0.6) is 5.75 Å². The summed E-state index contributed by atoms with van der Waals surface area (Å²) in [7, 11) is 0. The zero-order valence-corrected chi connectivity index (χ0v) is 15.3. The highest BCUT2D eigenvalue weighted by Crippen LogP contribution is 2.30. The van der Waals surface area contributed by atoms with E-state index in [1.165, 1.54) is 37.0 Å². The van der Waals surface area contributed by atoms with Gasteiger partial charge in [-0.15, -0.1) is 10.2 Å². The standard InChI is InChI=1S/C16H17Cl2N3O2S/c17-11-5-6-13(12(18)8-11)23-9-14(22)19-16-21-20-15(24-16)7-10-3-1-2-4-10/h5-6,8,10H,1-4,7,9H2,(H,19,21,22). The summed E-state index contributed by atoms with van der Waals surface area (Å²) in [6, 6.07) is 4.85. The molecule has 1 aliphatic rings. The van der Waals surface area contributed by atoms with Crippen molar-refractivity contribution in [3.05, 3.63) is 33.3 Å². The molecule has 1 aliphatic carbocycles. The lowest BCUT2D eigenvalue weighted by Gasteiger charge is -2.07. The van der Waals surface area contributed by atoms with Crippen LogP contribution in [0.3, 0.4) is 0 Å². The van der Waals surface area contributed by atoms with Crippen molar-refractivity contribution in [1.29, 1.82) is 0 Å². The molecule has 0 saturated heterocycles. The predicted molar refractivity (Wildman–Crippen MR) is 96.2 cm³/mol. The lowest BCUT2D eigenvalue weighted by Crippen LogP contribution is -2.20. The van der Waals surface area contributed by atoms with E-state index in [0.717, 1.165) is 11.4 Å². The molecule has 1 N–H and O–H groups in total. The molecule has 0 atom stereocenters. The Morgan fingerprint density at radius 3 is 2.83 bits per heavy atom. The lowest BCUT2D eigenvalue weighted by atomic mass is 10.1. The van der Waals surface area contributed by atoms with E-state index < -0.39 is 0 Å². The van der Waals surface area contributed by atoms with Gasteiger partial charge < -0.3 is 4.74 Å². The molecule has 1 aromatic carbocycles. The van der Waals surface area contributed by atoms with Crippen LogP contribution in [0.1, 0.15) is 30.7 Å². The van der Waals surface area contributed by atoms with Gasteiger partial charge in [-0.3, -0.25) is 10.1 Å². The highest BCUT2D eigenvalue weighted by molar-refractivity contribution is 7.15. The van der Waals surface area contributed by atoms with Crippen molar-refractivity contribution in [2.75, 3.05) is 11.9 Å². The van der Waals surface area contributed by atoms with E-state index in [9.17, 15) is 4.79 Å². The van der Waals surface area contributed by atoms with Crippen LogP contribution in [-0.2, 0) is 11.2 Å². The first kappa shape index (κ1) is 17.5. The molecule has 0 unspecified atom stereocenters. The first-order chi connectivity index (χ1) is 11.6. The van der Waals surface area contributed by atoms with Gasteiger partial charge in [-0.05, 0) is 24.1 Å². The Hall–Kier alpha value is -1.37. The van der Waals surface area contributed by atoms with Gasteiger partial charge in [0.1, 0.15) is 10.8 Å². The van der Waals surface area contributed by atoms with E-state index in [-0.39, 0.29) is 12.5 Å². The molecule has 1 saturated carbocycles. The van der Waals surface area contributed by atoms with E-state index in [2.05, 4.69) is 15.5 Å². The second kappa shape index (κ2) is 8.14. The number of anilines is 1. The number of amides is 1. The van der Waals surface area contributed by atoms with E-state index in [0.29, 0.717) is 26.8 Å². The molecule has 5 nitrogen and oxygen atoms in total. The summed E-state index contributed by atoms with van der Waals surface area (Å²) in [6.07, 6.45) is 6.08. The molecule has 0 aliphatic heterocycles. The summed E-state index contributed by atoms with van der Waals surface area (Å²) in [5.74, 6) is 0.817.